The predicted octanol–water partition coefficient (Wildman–Crippen LogP) is 3.16. The predicted molar refractivity (Wildman–Crippen MR) is 98.4 cm³/mol. The summed E-state index contributed by atoms with van der Waals surface area (Å²) < 4.78 is 12.4. The minimum absolute atomic E-state index is 0.139. The number of furan rings is 1. The molecule has 3 heterocycles. The Hall–Kier alpha value is -3.74. The summed E-state index contributed by atoms with van der Waals surface area (Å²) in [5, 5.41) is 4.81. The molecule has 0 aliphatic heterocycles. The van der Waals surface area contributed by atoms with Gasteiger partial charge in [-0.25, -0.2) is 4.98 Å². The molecule has 0 radical (unpaired) electrons. The fourth-order valence-electron chi connectivity index (χ4n) is 3.08. The van der Waals surface area contributed by atoms with Gasteiger partial charge in [-0.2, -0.15) is 4.98 Å². The largest absolute Gasteiger partial charge is 0.448 e. The van der Waals surface area contributed by atoms with Crippen molar-refractivity contribution >= 4 is 22.1 Å². The summed E-state index contributed by atoms with van der Waals surface area (Å²) in [5.41, 5.74) is 2.23. The number of para-hydroxylation sites is 1. The maximum atomic E-state index is 12.7. The van der Waals surface area contributed by atoms with Crippen LogP contribution in [0.3, 0.4) is 0 Å². The Morgan fingerprint density at radius 3 is 2.70 bits per heavy atom. The summed E-state index contributed by atoms with van der Waals surface area (Å²) in [6.07, 6.45) is 2.05. The maximum absolute atomic E-state index is 12.7. The van der Waals surface area contributed by atoms with Gasteiger partial charge in [0.25, 0.3) is 5.56 Å². The number of aromatic nitrogens is 4. The highest BCUT2D eigenvalue weighted by Crippen LogP contribution is 2.24. The van der Waals surface area contributed by atoms with Crippen LogP contribution in [0.4, 0.5) is 0 Å². The highest BCUT2D eigenvalue weighted by atomic mass is 16.5. The Labute approximate surface area is 152 Å². The number of fused-ring (bicyclic) bond motifs is 3. The summed E-state index contributed by atoms with van der Waals surface area (Å²) in [5.74, 6) is 0.919. The van der Waals surface area contributed by atoms with E-state index in [0.29, 0.717) is 29.2 Å². The van der Waals surface area contributed by atoms with Crippen LogP contribution in [0.15, 0.2) is 74.7 Å². The zero-order valence-electron chi connectivity index (χ0n) is 14.2. The first-order valence-corrected chi connectivity index (χ1v) is 8.50. The van der Waals surface area contributed by atoms with Crippen molar-refractivity contribution in [3.8, 4) is 0 Å². The van der Waals surface area contributed by atoms with Crippen LogP contribution in [-0.4, -0.2) is 19.7 Å². The van der Waals surface area contributed by atoms with E-state index in [1.807, 2.05) is 54.6 Å². The molecule has 0 aliphatic rings. The van der Waals surface area contributed by atoms with Crippen LogP contribution in [0, 0.1) is 0 Å². The number of hydrogen-bond donors (Lipinski definition) is 0. The van der Waals surface area contributed by atoms with E-state index < -0.39 is 0 Å². The van der Waals surface area contributed by atoms with Crippen molar-refractivity contribution in [1.29, 1.82) is 0 Å². The van der Waals surface area contributed by atoms with E-state index in [1.54, 1.807) is 0 Å². The van der Waals surface area contributed by atoms with Gasteiger partial charge < -0.3 is 8.94 Å². The summed E-state index contributed by atoms with van der Waals surface area (Å²) in [6, 6.07) is 17.3. The zero-order valence-corrected chi connectivity index (χ0v) is 14.2. The second kappa shape index (κ2) is 6.21. The van der Waals surface area contributed by atoms with E-state index >= 15 is 0 Å². The molecule has 7 heteroatoms. The van der Waals surface area contributed by atoms with Crippen LogP contribution in [0.2, 0.25) is 0 Å². The van der Waals surface area contributed by atoms with Crippen molar-refractivity contribution in [2.24, 2.45) is 0 Å². The van der Waals surface area contributed by atoms with E-state index in [1.165, 1.54) is 10.9 Å². The molecule has 132 valence electrons. The molecule has 0 spiro atoms. The smallest absolute Gasteiger partial charge is 0.297 e. The van der Waals surface area contributed by atoms with E-state index in [2.05, 4.69) is 15.1 Å². The number of nitrogens with zero attached hydrogens (tertiary/aromatic N) is 4. The average molecular weight is 358 g/mol. The van der Waals surface area contributed by atoms with Crippen LogP contribution in [0.5, 0.6) is 0 Å². The topological polar surface area (TPSA) is 87.0 Å². The van der Waals surface area contributed by atoms with Gasteiger partial charge in [0.15, 0.2) is 5.82 Å². The molecule has 0 atom stereocenters. The third kappa shape index (κ3) is 2.79. The van der Waals surface area contributed by atoms with Gasteiger partial charge >= 0.3 is 0 Å². The minimum Gasteiger partial charge on any atom is -0.448 e. The third-order valence-corrected chi connectivity index (χ3v) is 4.37. The maximum Gasteiger partial charge on any atom is 0.297 e. The average Bonchev–Trinajstić information content (AvgIpc) is 3.29. The zero-order chi connectivity index (χ0) is 18.2. The Kier molecular flexibility index (Phi) is 3.57. The summed E-state index contributed by atoms with van der Waals surface area (Å²) in [4.78, 5) is 21.5. The SMILES string of the molecule is O=c1c2oc3ccccc3c2ncn1Cc1nc(Cc2ccccc2)no1. The second-order valence-electron chi connectivity index (χ2n) is 6.22. The van der Waals surface area contributed by atoms with E-state index in [-0.39, 0.29) is 17.7 Å². The Morgan fingerprint density at radius 1 is 1.00 bits per heavy atom. The van der Waals surface area contributed by atoms with Crippen LogP contribution in [-0.2, 0) is 13.0 Å². The molecule has 0 N–H and O–H groups in total. The normalized spacial score (nSPS) is 11.4. The molecule has 0 aliphatic carbocycles. The van der Waals surface area contributed by atoms with Gasteiger partial charge in [-0.15, -0.1) is 0 Å². The lowest BCUT2D eigenvalue weighted by Gasteiger charge is -2.00. The van der Waals surface area contributed by atoms with Crippen LogP contribution < -0.4 is 5.56 Å². The first-order valence-electron chi connectivity index (χ1n) is 8.50. The highest BCUT2D eigenvalue weighted by Gasteiger charge is 2.15. The molecular formula is C20H14N4O3. The van der Waals surface area contributed by atoms with Gasteiger partial charge in [-0.05, 0) is 17.7 Å². The summed E-state index contributed by atoms with van der Waals surface area (Å²) in [7, 11) is 0. The van der Waals surface area contributed by atoms with Gasteiger partial charge in [-0.1, -0.05) is 47.6 Å². The van der Waals surface area contributed by atoms with E-state index in [0.717, 1.165) is 10.9 Å². The molecule has 0 saturated heterocycles. The molecule has 5 rings (SSSR count). The minimum atomic E-state index is -0.279. The molecule has 27 heavy (non-hydrogen) atoms. The van der Waals surface area contributed by atoms with Gasteiger partial charge in [0, 0.05) is 11.8 Å². The highest BCUT2D eigenvalue weighted by molar-refractivity contribution is 6.01. The first-order chi connectivity index (χ1) is 13.3. The second-order valence-corrected chi connectivity index (χ2v) is 6.22. The first kappa shape index (κ1) is 15.5. The van der Waals surface area contributed by atoms with Gasteiger partial charge in [0.1, 0.15) is 17.6 Å². The summed E-state index contributed by atoms with van der Waals surface area (Å²) >= 11 is 0. The number of rotatable bonds is 4. The number of hydrogen-bond acceptors (Lipinski definition) is 6. The molecule has 2 aromatic carbocycles. The van der Waals surface area contributed by atoms with Crippen molar-refractivity contribution in [2.75, 3.05) is 0 Å². The Bertz CT molecular complexity index is 1300. The van der Waals surface area contributed by atoms with E-state index in [9.17, 15) is 4.79 Å². The van der Waals surface area contributed by atoms with Crippen molar-refractivity contribution in [3.05, 3.63) is 88.6 Å². The molecule has 5 aromatic rings. The molecule has 0 unspecified atom stereocenters. The van der Waals surface area contributed by atoms with Crippen molar-refractivity contribution in [3.63, 3.8) is 0 Å². The quantitative estimate of drug-likeness (QED) is 0.490. The lowest BCUT2D eigenvalue weighted by molar-refractivity contribution is 0.365. The van der Waals surface area contributed by atoms with Crippen molar-refractivity contribution in [1.82, 2.24) is 19.7 Å². The molecular weight excluding hydrogens is 344 g/mol. The third-order valence-electron chi connectivity index (χ3n) is 4.37. The summed E-state index contributed by atoms with van der Waals surface area (Å²) in [6.45, 7) is 0.139. The van der Waals surface area contributed by atoms with Crippen molar-refractivity contribution in [2.45, 2.75) is 13.0 Å². The van der Waals surface area contributed by atoms with Gasteiger partial charge in [0.2, 0.25) is 11.5 Å². The van der Waals surface area contributed by atoms with Gasteiger partial charge in [-0.3, -0.25) is 9.36 Å². The fraction of sp³-hybridized carbons (Fsp3) is 0.100. The monoisotopic (exact) mass is 358 g/mol. The van der Waals surface area contributed by atoms with Crippen molar-refractivity contribution < 1.29 is 8.94 Å². The van der Waals surface area contributed by atoms with Crippen LogP contribution >= 0.6 is 0 Å². The Balaban J connectivity index is 1.46. The van der Waals surface area contributed by atoms with E-state index in [4.69, 9.17) is 8.94 Å². The number of benzene rings is 2. The molecule has 0 amide bonds. The molecule has 7 nitrogen and oxygen atoms in total. The van der Waals surface area contributed by atoms with Crippen LogP contribution in [0.25, 0.3) is 22.1 Å². The van der Waals surface area contributed by atoms with Gasteiger partial charge in [0.05, 0.1) is 6.33 Å². The standard InChI is InChI=1S/C20H14N4O3/c25-20-19-18(14-8-4-5-9-15(14)26-19)21-12-24(20)11-17-22-16(23-27-17)10-13-6-2-1-3-7-13/h1-9,12H,10-11H2. The lowest BCUT2D eigenvalue weighted by Crippen LogP contribution is -2.20. The molecule has 0 saturated carbocycles. The Morgan fingerprint density at radius 2 is 1.81 bits per heavy atom. The fourth-order valence-corrected chi connectivity index (χ4v) is 3.08. The molecule has 3 aromatic heterocycles. The molecule has 0 fully saturated rings. The van der Waals surface area contributed by atoms with Crippen LogP contribution in [0.1, 0.15) is 17.3 Å². The lowest BCUT2D eigenvalue weighted by atomic mass is 10.1. The molecule has 0 bridgehead atoms.